The molecule has 0 spiro atoms. The molecule has 0 radical (unpaired) electrons. The number of carbonyl (C=O) groups excluding carboxylic acids is 1. The van der Waals surface area contributed by atoms with Gasteiger partial charge in [0.05, 0.1) is 4.92 Å². The molecule has 1 amide bonds. The molecule has 0 aromatic heterocycles. The fraction of sp³-hybridized carbons (Fsp3) is 0.533. The summed E-state index contributed by atoms with van der Waals surface area (Å²) in [6, 6.07) is 4.92. The fourth-order valence-corrected chi connectivity index (χ4v) is 2.79. The molecule has 6 heteroatoms. The first kappa shape index (κ1) is 15.4. The van der Waals surface area contributed by atoms with Gasteiger partial charge in [0.2, 0.25) is 0 Å². The van der Waals surface area contributed by atoms with Crippen LogP contribution in [0.15, 0.2) is 18.2 Å². The van der Waals surface area contributed by atoms with E-state index in [-0.39, 0.29) is 17.6 Å². The predicted molar refractivity (Wildman–Crippen MR) is 80.4 cm³/mol. The summed E-state index contributed by atoms with van der Waals surface area (Å²) in [7, 11) is 0. The van der Waals surface area contributed by atoms with Gasteiger partial charge in [-0.15, -0.1) is 0 Å². The van der Waals surface area contributed by atoms with E-state index >= 15 is 0 Å². The number of aryl methyl sites for hydroxylation is 1. The topological polar surface area (TPSA) is 75.5 Å². The number of rotatable bonds is 4. The van der Waals surface area contributed by atoms with Gasteiger partial charge in [0.15, 0.2) is 0 Å². The van der Waals surface area contributed by atoms with Gasteiger partial charge in [0.1, 0.15) is 0 Å². The van der Waals surface area contributed by atoms with Gasteiger partial charge in [-0.2, -0.15) is 0 Å². The number of nitrogens with one attached hydrogen (secondary N) is 1. The van der Waals surface area contributed by atoms with Crippen LogP contribution in [-0.2, 0) is 0 Å². The maximum Gasteiger partial charge on any atom is 0.273 e. The van der Waals surface area contributed by atoms with Crippen molar-refractivity contribution in [1.29, 1.82) is 0 Å². The van der Waals surface area contributed by atoms with E-state index in [1.807, 2.05) is 11.8 Å². The Morgan fingerprint density at radius 1 is 1.43 bits per heavy atom. The minimum atomic E-state index is -0.438. The quantitative estimate of drug-likeness (QED) is 0.681. The Balaban J connectivity index is 2.24. The molecule has 2 rings (SSSR count). The van der Waals surface area contributed by atoms with Crippen molar-refractivity contribution >= 4 is 11.6 Å². The van der Waals surface area contributed by atoms with Crippen molar-refractivity contribution < 1.29 is 9.72 Å². The molecule has 6 nitrogen and oxygen atoms in total. The van der Waals surface area contributed by atoms with E-state index in [0.717, 1.165) is 25.9 Å². The number of hydrogen-bond donors (Lipinski definition) is 1. The average molecular weight is 291 g/mol. The van der Waals surface area contributed by atoms with Gasteiger partial charge in [-0.25, -0.2) is 0 Å². The van der Waals surface area contributed by atoms with E-state index in [4.69, 9.17) is 0 Å². The summed E-state index contributed by atoms with van der Waals surface area (Å²) in [6.07, 6.45) is 1.85. The van der Waals surface area contributed by atoms with Gasteiger partial charge in [0, 0.05) is 29.8 Å². The van der Waals surface area contributed by atoms with Crippen molar-refractivity contribution in [3.63, 3.8) is 0 Å². The zero-order valence-corrected chi connectivity index (χ0v) is 12.5. The van der Waals surface area contributed by atoms with Crippen LogP contribution in [0.4, 0.5) is 5.69 Å². The Morgan fingerprint density at radius 3 is 2.67 bits per heavy atom. The maximum absolute atomic E-state index is 12.6. The van der Waals surface area contributed by atoms with Gasteiger partial charge in [-0.05, 0) is 45.8 Å². The zero-order chi connectivity index (χ0) is 15.4. The van der Waals surface area contributed by atoms with Crippen LogP contribution in [0.2, 0.25) is 0 Å². The SMILES string of the molecule is CCN(C(=O)c1ccc(C)c([N+](=O)[O-])c1)C1CCNCC1. The highest BCUT2D eigenvalue weighted by molar-refractivity contribution is 5.95. The smallest absolute Gasteiger partial charge is 0.273 e. The summed E-state index contributed by atoms with van der Waals surface area (Å²) in [5.74, 6) is -0.118. The number of nitro groups is 1. The van der Waals surface area contributed by atoms with E-state index in [0.29, 0.717) is 17.7 Å². The molecule has 0 bridgehead atoms. The van der Waals surface area contributed by atoms with Crippen molar-refractivity contribution in [3.8, 4) is 0 Å². The van der Waals surface area contributed by atoms with E-state index in [9.17, 15) is 14.9 Å². The Bertz CT molecular complexity index is 539. The third kappa shape index (κ3) is 3.39. The lowest BCUT2D eigenvalue weighted by Gasteiger charge is -2.34. The maximum atomic E-state index is 12.6. The number of nitro benzene ring substituents is 1. The molecule has 1 aromatic rings. The van der Waals surface area contributed by atoms with Crippen molar-refractivity contribution in [2.45, 2.75) is 32.7 Å². The number of carbonyl (C=O) groups is 1. The Morgan fingerprint density at radius 2 is 2.10 bits per heavy atom. The van der Waals surface area contributed by atoms with Crippen molar-refractivity contribution in [3.05, 3.63) is 39.4 Å². The predicted octanol–water partition coefficient (Wildman–Crippen LogP) is 2.12. The largest absolute Gasteiger partial charge is 0.336 e. The number of amides is 1. The standard InChI is InChI=1S/C15H21N3O3/c1-3-17(13-6-8-16-9-7-13)15(19)12-5-4-11(2)14(10-12)18(20)21/h4-5,10,13,16H,3,6-9H2,1-2H3. The zero-order valence-electron chi connectivity index (χ0n) is 12.5. The van der Waals surface area contributed by atoms with E-state index in [2.05, 4.69) is 5.32 Å². The molecule has 0 aliphatic carbocycles. The summed E-state index contributed by atoms with van der Waals surface area (Å²) in [5.41, 5.74) is 0.969. The average Bonchev–Trinajstić information content (AvgIpc) is 2.49. The van der Waals surface area contributed by atoms with Gasteiger partial charge in [-0.3, -0.25) is 14.9 Å². The fourth-order valence-electron chi connectivity index (χ4n) is 2.79. The first-order valence-electron chi connectivity index (χ1n) is 7.31. The highest BCUT2D eigenvalue weighted by Crippen LogP contribution is 2.22. The summed E-state index contributed by atoms with van der Waals surface area (Å²) >= 11 is 0. The first-order chi connectivity index (χ1) is 10.0. The highest BCUT2D eigenvalue weighted by atomic mass is 16.6. The summed E-state index contributed by atoms with van der Waals surface area (Å²) in [5, 5.41) is 14.3. The van der Waals surface area contributed by atoms with Crippen LogP contribution in [0.25, 0.3) is 0 Å². The molecule has 0 atom stereocenters. The second-order valence-corrected chi connectivity index (χ2v) is 5.33. The van der Waals surface area contributed by atoms with Gasteiger partial charge < -0.3 is 10.2 Å². The Hall–Kier alpha value is -1.95. The van der Waals surface area contributed by atoms with E-state index in [1.54, 1.807) is 19.1 Å². The Kier molecular flexibility index (Phi) is 4.90. The molecule has 1 N–H and O–H groups in total. The molecule has 1 aromatic carbocycles. The number of hydrogen-bond acceptors (Lipinski definition) is 4. The monoisotopic (exact) mass is 291 g/mol. The van der Waals surface area contributed by atoms with Crippen LogP contribution in [0, 0.1) is 17.0 Å². The third-order valence-corrected chi connectivity index (χ3v) is 4.00. The summed E-state index contributed by atoms with van der Waals surface area (Å²) in [4.78, 5) is 25.0. The summed E-state index contributed by atoms with van der Waals surface area (Å²) < 4.78 is 0. The summed E-state index contributed by atoms with van der Waals surface area (Å²) in [6.45, 7) is 6.05. The lowest BCUT2D eigenvalue weighted by molar-refractivity contribution is -0.385. The number of piperidine rings is 1. The molecular formula is C15H21N3O3. The van der Waals surface area contributed by atoms with E-state index in [1.165, 1.54) is 6.07 Å². The van der Waals surface area contributed by atoms with Crippen molar-refractivity contribution in [2.75, 3.05) is 19.6 Å². The molecule has 0 saturated carbocycles. The second-order valence-electron chi connectivity index (χ2n) is 5.33. The van der Waals surface area contributed by atoms with Crippen LogP contribution < -0.4 is 5.32 Å². The normalized spacial score (nSPS) is 15.7. The van der Waals surface area contributed by atoms with Gasteiger partial charge in [0.25, 0.3) is 11.6 Å². The Labute approximate surface area is 124 Å². The molecule has 1 heterocycles. The lowest BCUT2D eigenvalue weighted by atomic mass is 10.0. The molecule has 0 unspecified atom stereocenters. The minimum Gasteiger partial charge on any atom is -0.336 e. The highest BCUT2D eigenvalue weighted by Gasteiger charge is 2.26. The van der Waals surface area contributed by atoms with Crippen LogP contribution in [0.3, 0.4) is 0 Å². The van der Waals surface area contributed by atoms with E-state index < -0.39 is 4.92 Å². The third-order valence-electron chi connectivity index (χ3n) is 4.00. The molecule has 1 aliphatic heterocycles. The van der Waals surface area contributed by atoms with Crippen LogP contribution in [0.5, 0.6) is 0 Å². The van der Waals surface area contributed by atoms with Crippen molar-refractivity contribution in [2.24, 2.45) is 0 Å². The van der Waals surface area contributed by atoms with Gasteiger partial charge >= 0.3 is 0 Å². The molecule has 21 heavy (non-hydrogen) atoms. The molecule has 1 fully saturated rings. The second kappa shape index (κ2) is 6.67. The molecular weight excluding hydrogens is 270 g/mol. The van der Waals surface area contributed by atoms with Crippen LogP contribution in [0.1, 0.15) is 35.7 Å². The minimum absolute atomic E-state index is 0.00205. The molecule has 1 saturated heterocycles. The molecule has 1 aliphatic rings. The van der Waals surface area contributed by atoms with Crippen LogP contribution in [-0.4, -0.2) is 41.4 Å². The van der Waals surface area contributed by atoms with Crippen LogP contribution >= 0.6 is 0 Å². The molecule has 114 valence electrons. The number of nitrogens with zero attached hydrogens (tertiary/aromatic N) is 2. The van der Waals surface area contributed by atoms with Crippen molar-refractivity contribution in [1.82, 2.24) is 10.2 Å². The number of benzene rings is 1. The van der Waals surface area contributed by atoms with Gasteiger partial charge in [-0.1, -0.05) is 6.07 Å². The lowest BCUT2D eigenvalue weighted by Crippen LogP contribution is -2.46. The first-order valence-corrected chi connectivity index (χ1v) is 7.31.